The molecule has 0 unspecified atom stereocenters. The van der Waals surface area contributed by atoms with Crippen LogP contribution in [0.3, 0.4) is 0 Å². The molecule has 2 aromatic rings. The Hall–Kier alpha value is -3.20. The topological polar surface area (TPSA) is 69.7 Å². The van der Waals surface area contributed by atoms with Crippen LogP contribution in [0.25, 0.3) is 0 Å². The first-order chi connectivity index (χ1) is 12.2. The van der Waals surface area contributed by atoms with Crippen LogP contribution in [0.5, 0.6) is 17.2 Å². The number of carbonyl (C=O) groups is 1. The van der Waals surface area contributed by atoms with Crippen molar-refractivity contribution >= 4 is 5.91 Å². The SMILES string of the molecule is COc1cccc(OCC(=O)NCC#CCOc2ccc(C)nc2)c1. The molecule has 1 N–H and O–H groups in total. The van der Waals surface area contributed by atoms with Crippen molar-refractivity contribution in [3.05, 3.63) is 48.3 Å². The fourth-order valence-corrected chi connectivity index (χ4v) is 1.81. The Morgan fingerprint density at radius 3 is 2.72 bits per heavy atom. The molecule has 0 aliphatic carbocycles. The van der Waals surface area contributed by atoms with Gasteiger partial charge in [0.15, 0.2) is 6.61 Å². The Morgan fingerprint density at radius 1 is 1.12 bits per heavy atom. The number of aromatic nitrogens is 1. The van der Waals surface area contributed by atoms with Gasteiger partial charge in [-0.15, -0.1) is 0 Å². The summed E-state index contributed by atoms with van der Waals surface area (Å²) in [7, 11) is 1.57. The third-order valence-electron chi connectivity index (χ3n) is 3.11. The first-order valence-corrected chi connectivity index (χ1v) is 7.72. The minimum absolute atomic E-state index is 0.0830. The lowest BCUT2D eigenvalue weighted by molar-refractivity contribution is -0.122. The summed E-state index contributed by atoms with van der Waals surface area (Å²) in [5.74, 6) is 7.29. The number of aryl methyl sites for hydroxylation is 1. The van der Waals surface area contributed by atoms with Gasteiger partial charge >= 0.3 is 0 Å². The molecule has 0 atom stereocenters. The Morgan fingerprint density at radius 2 is 1.96 bits per heavy atom. The van der Waals surface area contributed by atoms with Crippen LogP contribution in [0.2, 0.25) is 0 Å². The van der Waals surface area contributed by atoms with E-state index in [-0.39, 0.29) is 25.7 Å². The summed E-state index contributed by atoms with van der Waals surface area (Å²) in [6.45, 7) is 2.29. The van der Waals surface area contributed by atoms with Crippen molar-refractivity contribution in [2.24, 2.45) is 0 Å². The molecule has 2 rings (SSSR count). The fourth-order valence-electron chi connectivity index (χ4n) is 1.81. The van der Waals surface area contributed by atoms with Gasteiger partial charge in [-0.3, -0.25) is 9.78 Å². The number of nitrogens with one attached hydrogen (secondary N) is 1. The maximum Gasteiger partial charge on any atom is 0.258 e. The van der Waals surface area contributed by atoms with Gasteiger partial charge in [-0.2, -0.15) is 0 Å². The number of methoxy groups -OCH3 is 1. The molecule has 25 heavy (non-hydrogen) atoms. The van der Waals surface area contributed by atoms with Crippen molar-refractivity contribution in [2.45, 2.75) is 6.92 Å². The summed E-state index contributed by atoms with van der Waals surface area (Å²) >= 11 is 0. The number of rotatable bonds is 7. The van der Waals surface area contributed by atoms with Crippen molar-refractivity contribution in [1.29, 1.82) is 0 Å². The second kappa shape index (κ2) is 9.83. The predicted octanol–water partition coefficient (Wildman–Crippen LogP) is 1.98. The maximum atomic E-state index is 11.7. The van der Waals surface area contributed by atoms with E-state index in [1.54, 1.807) is 37.6 Å². The van der Waals surface area contributed by atoms with Gasteiger partial charge in [0, 0.05) is 11.8 Å². The largest absolute Gasteiger partial charge is 0.497 e. The van der Waals surface area contributed by atoms with Crippen LogP contribution in [0, 0.1) is 18.8 Å². The lowest BCUT2D eigenvalue weighted by atomic mass is 10.3. The molecular formula is C19H20N2O4. The second-order valence-corrected chi connectivity index (χ2v) is 5.02. The molecule has 0 radical (unpaired) electrons. The van der Waals surface area contributed by atoms with Crippen LogP contribution in [0.1, 0.15) is 5.69 Å². The highest BCUT2D eigenvalue weighted by atomic mass is 16.5. The summed E-state index contributed by atoms with van der Waals surface area (Å²) in [6, 6.07) is 10.8. The third kappa shape index (κ3) is 6.83. The number of ether oxygens (including phenoxy) is 3. The normalized spacial score (nSPS) is 9.52. The summed E-state index contributed by atoms with van der Waals surface area (Å²) in [5.41, 5.74) is 0.928. The zero-order chi connectivity index (χ0) is 17.9. The molecular weight excluding hydrogens is 320 g/mol. The van der Waals surface area contributed by atoms with E-state index in [4.69, 9.17) is 14.2 Å². The fraction of sp³-hybridized carbons (Fsp3) is 0.263. The summed E-state index contributed by atoms with van der Waals surface area (Å²) in [6.07, 6.45) is 1.65. The van der Waals surface area contributed by atoms with Gasteiger partial charge in [0.25, 0.3) is 5.91 Å². The highest BCUT2D eigenvalue weighted by Gasteiger charge is 2.02. The monoisotopic (exact) mass is 340 g/mol. The minimum atomic E-state index is -0.249. The van der Waals surface area contributed by atoms with Crippen molar-refractivity contribution in [1.82, 2.24) is 10.3 Å². The molecule has 0 saturated carbocycles. The molecule has 0 aliphatic heterocycles. The van der Waals surface area contributed by atoms with E-state index in [1.165, 1.54) is 0 Å². The zero-order valence-corrected chi connectivity index (χ0v) is 14.2. The number of nitrogens with zero attached hydrogens (tertiary/aromatic N) is 1. The van der Waals surface area contributed by atoms with E-state index >= 15 is 0 Å². The van der Waals surface area contributed by atoms with Gasteiger partial charge in [0.2, 0.25) is 0 Å². The molecule has 1 aromatic heterocycles. The van der Waals surface area contributed by atoms with Crippen molar-refractivity contribution in [3.8, 4) is 29.1 Å². The molecule has 0 aliphatic rings. The Labute approximate surface area is 147 Å². The predicted molar refractivity (Wildman–Crippen MR) is 93.7 cm³/mol. The van der Waals surface area contributed by atoms with Crippen LogP contribution >= 0.6 is 0 Å². The number of carbonyl (C=O) groups excluding carboxylic acids is 1. The van der Waals surface area contributed by atoms with Crippen molar-refractivity contribution < 1.29 is 19.0 Å². The molecule has 0 spiro atoms. The average Bonchev–Trinajstić information content (AvgIpc) is 2.64. The molecule has 0 bridgehead atoms. The van der Waals surface area contributed by atoms with Gasteiger partial charge in [-0.05, 0) is 31.2 Å². The summed E-state index contributed by atoms with van der Waals surface area (Å²) in [4.78, 5) is 15.8. The molecule has 0 fully saturated rings. The van der Waals surface area contributed by atoms with E-state index < -0.39 is 0 Å². The van der Waals surface area contributed by atoms with Gasteiger partial charge in [0.05, 0.1) is 19.9 Å². The Bertz CT molecular complexity index is 748. The third-order valence-corrected chi connectivity index (χ3v) is 3.11. The Kier molecular flexibility index (Phi) is 7.13. The van der Waals surface area contributed by atoms with Crippen LogP contribution in [-0.4, -0.2) is 37.8 Å². The van der Waals surface area contributed by atoms with Crippen molar-refractivity contribution in [2.75, 3.05) is 26.9 Å². The van der Waals surface area contributed by atoms with Gasteiger partial charge in [-0.25, -0.2) is 0 Å². The molecule has 1 aromatic carbocycles. The summed E-state index contributed by atoms with van der Waals surface area (Å²) < 4.78 is 15.9. The second-order valence-electron chi connectivity index (χ2n) is 5.02. The highest BCUT2D eigenvalue weighted by Crippen LogP contribution is 2.18. The maximum absolute atomic E-state index is 11.7. The molecule has 0 saturated heterocycles. The molecule has 6 heteroatoms. The van der Waals surface area contributed by atoms with Crippen LogP contribution < -0.4 is 19.5 Å². The summed E-state index contributed by atoms with van der Waals surface area (Å²) in [5, 5.41) is 2.65. The number of pyridine rings is 1. The van der Waals surface area contributed by atoms with E-state index in [0.717, 1.165) is 5.69 Å². The molecule has 6 nitrogen and oxygen atoms in total. The molecule has 1 amide bonds. The number of benzene rings is 1. The van der Waals surface area contributed by atoms with E-state index in [2.05, 4.69) is 22.1 Å². The molecule has 1 heterocycles. The van der Waals surface area contributed by atoms with Gasteiger partial charge in [-0.1, -0.05) is 17.9 Å². The quantitative estimate of drug-likeness (QED) is 0.781. The van der Waals surface area contributed by atoms with Crippen molar-refractivity contribution in [3.63, 3.8) is 0 Å². The lowest BCUT2D eigenvalue weighted by Crippen LogP contribution is -2.29. The lowest BCUT2D eigenvalue weighted by Gasteiger charge is -2.07. The van der Waals surface area contributed by atoms with E-state index in [9.17, 15) is 4.79 Å². The average molecular weight is 340 g/mol. The Balaban J connectivity index is 1.62. The van der Waals surface area contributed by atoms with Gasteiger partial charge < -0.3 is 19.5 Å². The highest BCUT2D eigenvalue weighted by molar-refractivity contribution is 5.77. The molecule has 130 valence electrons. The van der Waals surface area contributed by atoms with Crippen LogP contribution in [0.15, 0.2) is 42.6 Å². The van der Waals surface area contributed by atoms with E-state index in [0.29, 0.717) is 17.2 Å². The smallest absolute Gasteiger partial charge is 0.258 e. The van der Waals surface area contributed by atoms with Gasteiger partial charge in [0.1, 0.15) is 23.9 Å². The van der Waals surface area contributed by atoms with Crippen LogP contribution in [-0.2, 0) is 4.79 Å². The minimum Gasteiger partial charge on any atom is -0.497 e. The van der Waals surface area contributed by atoms with Crippen LogP contribution in [0.4, 0.5) is 0 Å². The number of hydrogen-bond donors (Lipinski definition) is 1. The standard InChI is InChI=1S/C19H20N2O4/c1-15-8-9-18(13-21-15)24-11-4-3-10-20-19(22)14-25-17-7-5-6-16(12-17)23-2/h5-9,12-13H,10-11,14H2,1-2H3,(H,20,22). The first kappa shape index (κ1) is 18.1. The first-order valence-electron chi connectivity index (χ1n) is 7.72. The number of amides is 1. The number of hydrogen-bond acceptors (Lipinski definition) is 5. The van der Waals surface area contributed by atoms with E-state index in [1.807, 2.05) is 19.1 Å². The zero-order valence-electron chi connectivity index (χ0n) is 14.2.